The minimum Gasteiger partial charge on any atom is -0.503 e. The largest absolute Gasteiger partial charge is 0.503 e. The molecule has 2 aromatic rings. The molecule has 0 amide bonds. The number of halogens is 2. The Morgan fingerprint density at radius 3 is 2.68 bits per heavy atom. The number of hydrogen-bond donors (Lipinski definition) is 0. The Kier molecular flexibility index (Phi) is 8.50. The first-order valence-corrected chi connectivity index (χ1v) is 9.55. The summed E-state index contributed by atoms with van der Waals surface area (Å²) >= 11 is 13.0. The second kappa shape index (κ2) is 10.8. The molecular formula is C19H18Cl2N2O4S. The summed E-state index contributed by atoms with van der Waals surface area (Å²) in [5.74, 6) is -0.503. The van der Waals surface area contributed by atoms with Gasteiger partial charge in [0.1, 0.15) is 12.2 Å². The van der Waals surface area contributed by atoms with Gasteiger partial charge in [-0.3, -0.25) is 0 Å². The summed E-state index contributed by atoms with van der Waals surface area (Å²) in [6, 6.07) is 7.27. The Bertz CT molecular complexity index is 922. The molecule has 1 heterocycles. The maximum Gasteiger partial charge on any atom is 0.341 e. The number of oxime groups is 1. The molecule has 0 N–H and O–H groups in total. The van der Waals surface area contributed by atoms with Gasteiger partial charge >= 0.3 is 5.97 Å². The average Bonchev–Trinajstić information content (AvgIpc) is 3.02. The van der Waals surface area contributed by atoms with Crippen molar-refractivity contribution in [1.82, 2.24) is 4.37 Å². The van der Waals surface area contributed by atoms with Crippen LogP contribution in [-0.4, -0.2) is 30.3 Å². The third-order valence-corrected chi connectivity index (χ3v) is 5.25. The first-order valence-electron chi connectivity index (χ1n) is 8.02. The van der Waals surface area contributed by atoms with Gasteiger partial charge in [0, 0.05) is 5.56 Å². The molecule has 0 aliphatic rings. The van der Waals surface area contributed by atoms with E-state index >= 15 is 0 Å². The summed E-state index contributed by atoms with van der Waals surface area (Å²) in [5, 5.41) is 4.74. The molecule has 0 atom stereocenters. The number of nitrogens with zero attached hydrogens (tertiary/aromatic N) is 2. The van der Waals surface area contributed by atoms with Crippen LogP contribution in [0.2, 0.25) is 10.2 Å². The lowest BCUT2D eigenvalue weighted by Crippen LogP contribution is -2.07. The van der Waals surface area contributed by atoms with Crippen molar-refractivity contribution in [3.05, 3.63) is 62.8 Å². The maximum atomic E-state index is 12.0. The molecule has 2 rings (SSSR count). The second-order valence-corrected chi connectivity index (χ2v) is 6.95. The summed E-state index contributed by atoms with van der Waals surface area (Å²) in [6.07, 6.45) is 4.84. The van der Waals surface area contributed by atoms with E-state index in [2.05, 4.69) is 9.53 Å². The van der Waals surface area contributed by atoms with Gasteiger partial charge in [-0.05, 0) is 36.2 Å². The van der Waals surface area contributed by atoms with E-state index in [1.165, 1.54) is 32.0 Å². The van der Waals surface area contributed by atoms with Crippen molar-refractivity contribution in [1.29, 1.82) is 0 Å². The van der Waals surface area contributed by atoms with E-state index in [-0.39, 0.29) is 11.8 Å². The minimum absolute atomic E-state index is 0.159. The fourth-order valence-corrected chi connectivity index (χ4v) is 3.26. The quantitative estimate of drug-likeness (QED) is 0.185. The van der Waals surface area contributed by atoms with Crippen molar-refractivity contribution >= 4 is 58.1 Å². The number of carbonyl (C=O) groups excluding carboxylic acids is 1. The Balaban J connectivity index is 2.10. The van der Waals surface area contributed by atoms with Gasteiger partial charge < -0.3 is 14.3 Å². The van der Waals surface area contributed by atoms with Crippen LogP contribution in [0.15, 0.2) is 41.8 Å². The van der Waals surface area contributed by atoms with Crippen LogP contribution in [0.4, 0.5) is 0 Å². The van der Waals surface area contributed by atoms with Gasteiger partial charge in [0.05, 0.1) is 36.1 Å². The van der Waals surface area contributed by atoms with E-state index in [0.29, 0.717) is 21.9 Å². The highest BCUT2D eigenvalue weighted by Crippen LogP contribution is 2.29. The molecule has 1 aromatic heterocycles. The molecule has 0 spiro atoms. The van der Waals surface area contributed by atoms with E-state index in [1.807, 2.05) is 18.2 Å². The van der Waals surface area contributed by atoms with Gasteiger partial charge in [-0.1, -0.05) is 52.6 Å². The Labute approximate surface area is 177 Å². The van der Waals surface area contributed by atoms with E-state index in [4.69, 9.17) is 37.5 Å². The number of rotatable bonds is 8. The summed E-state index contributed by atoms with van der Waals surface area (Å²) in [4.78, 5) is 18.2. The van der Waals surface area contributed by atoms with Crippen LogP contribution in [0.5, 0.6) is 0 Å². The van der Waals surface area contributed by atoms with Crippen molar-refractivity contribution < 1.29 is 19.1 Å². The minimum atomic E-state index is -0.503. The highest BCUT2D eigenvalue weighted by molar-refractivity contribution is 7.08. The van der Waals surface area contributed by atoms with Crippen LogP contribution in [0, 0.1) is 0 Å². The molecule has 0 bridgehead atoms. The summed E-state index contributed by atoms with van der Waals surface area (Å²) in [7, 11) is 2.78. The van der Waals surface area contributed by atoms with E-state index < -0.39 is 5.97 Å². The number of esters is 1. The third kappa shape index (κ3) is 5.82. The molecular weight excluding hydrogens is 423 g/mol. The smallest absolute Gasteiger partial charge is 0.341 e. The zero-order valence-electron chi connectivity index (χ0n) is 15.4. The van der Waals surface area contributed by atoms with Gasteiger partial charge in [-0.2, -0.15) is 4.37 Å². The molecule has 1 aromatic carbocycles. The van der Waals surface area contributed by atoms with Crippen molar-refractivity contribution in [2.75, 3.05) is 14.2 Å². The molecule has 9 heteroatoms. The molecule has 0 saturated carbocycles. The average molecular weight is 441 g/mol. The molecule has 0 fully saturated rings. The Morgan fingerprint density at radius 1 is 1.29 bits per heavy atom. The lowest BCUT2D eigenvalue weighted by Gasteiger charge is -2.10. The van der Waals surface area contributed by atoms with E-state index in [1.54, 1.807) is 25.1 Å². The number of ether oxygens (including phenoxy) is 2. The fraction of sp³-hybridized carbons (Fsp3) is 0.211. The lowest BCUT2D eigenvalue weighted by molar-refractivity contribution is -0.133. The Morgan fingerprint density at radius 2 is 2.04 bits per heavy atom. The molecule has 0 radical (unpaired) electrons. The highest BCUT2D eigenvalue weighted by atomic mass is 35.5. The topological polar surface area (TPSA) is 70.0 Å². The van der Waals surface area contributed by atoms with Gasteiger partial charge in [-0.25, -0.2) is 4.79 Å². The number of benzene rings is 1. The standard InChI is InChI=1S/C19H18Cl2N2O4S/c1-12(8-9-16-17(20)18(21)23-28-16)22-27-10-13-6-4-5-7-14(13)15(11-25-2)19(24)26-3/h4-9,11H,10H2,1-3H3/b9-8+,15-11+,22-12+. The number of carbonyl (C=O) groups is 1. The first kappa shape index (κ1) is 21.9. The number of methoxy groups -OCH3 is 2. The second-order valence-electron chi connectivity index (χ2n) is 5.41. The van der Waals surface area contributed by atoms with Gasteiger partial charge in [0.25, 0.3) is 0 Å². The molecule has 0 unspecified atom stereocenters. The van der Waals surface area contributed by atoms with Crippen molar-refractivity contribution in [2.45, 2.75) is 13.5 Å². The monoisotopic (exact) mass is 440 g/mol. The van der Waals surface area contributed by atoms with Crippen LogP contribution >= 0.6 is 34.7 Å². The lowest BCUT2D eigenvalue weighted by atomic mass is 10.0. The summed E-state index contributed by atoms with van der Waals surface area (Å²) in [5.41, 5.74) is 2.32. The molecule has 0 aliphatic carbocycles. The number of hydrogen-bond acceptors (Lipinski definition) is 7. The SMILES string of the molecule is CO/C=C(/C(=O)OC)c1ccccc1CO/N=C(C)/C=C/c1snc(Cl)c1Cl. The van der Waals surface area contributed by atoms with Gasteiger partial charge in [0.15, 0.2) is 5.15 Å². The predicted octanol–water partition coefficient (Wildman–Crippen LogP) is 5.22. The fourth-order valence-electron chi connectivity index (χ4n) is 2.16. The molecule has 0 aliphatic heterocycles. The molecule has 0 saturated heterocycles. The van der Waals surface area contributed by atoms with Gasteiger partial charge in [-0.15, -0.1) is 0 Å². The Hall–Kier alpha value is -2.35. The van der Waals surface area contributed by atoms with Crippen LogP contribution < -0.4 is 0 Å². The van der Waals surface area contributed by atoms with Crippen molar-refractivity contribution in [2.24, 2.45) is 5.16 Å². The normalized spacial score (nSPS) is 12.3. The maximum absolute atomic E-state index is 12.0. The van der Waals surface area contributed by atoms with Crippen molar-refractivity contribution in [3.63, 3.8) is 0 Å². The van der Waals surface area contributed by atoms with Crippen LogP contribution in [0.1, 0.15) is 22.9 Å². The van der Waals surface area contributed by atoms with Gasteiger partial charge in [0.2, 0.25) is 0 Å². The van der Waals surface area contributed by atoms with Crippen LogP contribution in [0.3, 0.4) is 0 Å². The van der Waals surface area contributed by atoms with Crippen LogP contribution in [-0.2, 0) is 25.7 Å². The van der Waals surface area contributed by atoms with Crippen LogP contribution in [0.25, 0.3) is 11.6 Å². The summed E-state index contributed by atoms with van der Waals surface area (Å²) in [6.45, 7) is 1.94. The number of aromatic nitrogens is 1. The summed E-state index contributed by atoms with van der Waals surface area (Å²) < 4.78 is 13.8. The zero-order valence-corrected chi connectivity index (χ0v) is 17.8. The predicted molar refractivity (Wildman–Crippen MR) is 113 cm³/mol. The molecule has 148 valence electrons. The zero-order chi connectivity index (χ0) is 20.5. The third-order valence-electron chi connectivity index (χ3n) is 3.47. The number of allylic oxidation sites excluding steroid dienone is 1. The molecule has 28 heavy (non-hydrogen) atoms. The van der Waals surface area contributed by atoms with E-state index in [9.17, 15) is 4.79 Å². The highest BCUT2D eigenvalue weighted by Gasteiger charge is 2.16. The molecule has 6 nitrogen and oxygen atoms in total. The van der Waals surface area contributed by atoms with E-state index in [0.717, 1.165) is 10.4 Å². The first-order chi connectivity index (χ1) is 13.5. The van der Waals surface area contributed by atoms with Crippen molar-refractivity contribution in [3.8, 4) is 0 Å².